The standard InChI is InChI=1S/C8H12N2O3S/c1-9-6-3-4-7(8(11)5-6)10-14(2,12)13/h3-5,9-11H,1-2H3. The third-order valence-electron chi connectivity index (χ3n) is 1.58. The maximum absolute atomic E-state index is 10.9. The second-order valence-electron chi connectivity index (χ2n) is 2.86. The van der Waals surface area contributed by atoms with E-state index in [2.05, 4.69) is 10.0 Å². The molecule has 6 heteroatoms. The lowest BCUT2D eigenvalue weighted by Gasteiger charge is -2.07. The second kappa shape index (κ2) is 3.75. The van der Waals surface area contributed by atoms with Gasteiger partial charge in [-0.3, -0.25) is 4.72 Å². The van der Waals surface area contributed by atoms with Gasteiger partial charge in [-0.15, -0.1) is 0 Å². The maximum Gasteiger partial charge on any atom is 0.229 e. The molecule has 0 heterocycles. The Kier molecular flexibility index (Phi) is 2.85. The van der Waals surface area contributed by atoms with E-state index in [1.165, 1.54) is 12.1 Å². The van der Waals surface area contributed by atoms with Crippen molar-refractivity contribution in [2.75, 3.05) is 23.3 Å². The number of anilines is 2. The molecule has 78 valence electrons. The average molecular weight is 216 g/mol. The van der Waals surface area contributed by atoms with E-state index in [1.54, 1.807) is 13.1 Å². The van der Waals surface area contributed by atoms with Crippen molar-refractivity contribution in [3.63, 3.8) is 0 Å². The number of benzene rings is 1. The summed E-state index contributed by atoms with van der Waals surface area (Å²) in [6.07, 6.45) is 1.03. The quantitative estimate of drug-likeness (QED) is 0.653. The largest absolute Gasteiger partial charge is 0.506 e. The number of nitrogens with one attached hydrogen (secondary N) is 2. The maximum atomic E-state index is 10.9. The minimum Gasteiger partial charge on any atom is -0.506 e. The molecular formula is C8H12N2O3S. The van der Waals surface area contributed by atoms with Crippen LogP contribution in [0.2, 0.25) is 0 Å². The van der Waals surface area contributed by atoms with Crippen molar-refractivity contribution >= 4 is 21.4 Å². The van der Waals surface area contributed by atoms with Crippen LogP contribution in [0.4, 0.5) is 11.4 Å². The van der Waals surface area contributed by atoms with Crippen molar-refractivity contribution in [3.05, 3.63) is 18.2 Å². The van der Waals surface area contributed by atoms with Crippen LogP contribution in [-0.2, 0) is 10.0 Å². The predicted octanol–water partition coefficient (Wildman–Crippen LogP) is 0.805. The fourth-order valence-corrected chi connectivity index (χ4v) is 1.55. The van der Waals surface area contributed by atoms with Gasteiger partial charge >= 0.3 is 0 Å². The van der Waals surface area contributed by atoms with E-state index in [-0.39, 0.29) is 11.4 Å². The summed E-state index contributed by atoms with van der Waals surface area (Å²) in [6.45, 7) is 0. The number of sulfonamides is 1. The summed E-state index contributed by atoms with van der Waals surface area (Å²) in [5.41, 5.74) is 0.882. The van der Waals surface area contributed by atoms with Crippen LogP contribution in [0.3, 0.4) is 0 Å². The predicted molar refractivity (Wildman–Crippen MR) is 56.1 cm³/mol. The van der Waals surface area contributed by atoms with Gasteiger partial charge in [-0.25, -0.2) is 8.42 Å². The Balaban J connectivity index is 3.01. The van der Waals surface area contributed by atoms with Gasteiger partial charge in [-0.1, -0.05) is 0 Å². The molecule has 0 aliphatic heterocycles. The third kappa shape index (κ3) is 2.81. The molecule has 0 atom stereocenters. The first-order valence-electron chi connectivity index (χ1n) is 3.91. The SMILES string of the molecule is CNc1ccc(NS(C)(=O)=O)c(O)c1. The van der Waals surface area contributed by atoms with E-state index in [0.29, 0.717) is 5.69 Å². The highest BCUT2D eigenvalue weighted by molar-refractivity contribution is 7.92. The zero-order valence-corrected chi connectivity index (χ0v) is 8.72. The highest BCUT2D eigenvalue weighted by Gasteiger charge is 2.06. The molecule has 0 amide bonds. The Bertz CT molecular complexity index is 428. The third-order valence-corrected chi connectivity index (χ3v) is 2.17. The normalized spacial score (nSPS) is 11.0. The number of phenols is 1. The number of hydrogen-bond donors (Lipinski definition) is 3. The van der Waals surface area contributed by atoms with Crippen LogP contribution in [0.1, 0.15) is 0 Å². The summed E-state index contributed by atoms with van der Waals surface area (Å²) < 4.78 is 23.9. The lowest BCUT2D eigenvalue weighted by molar-refractivity contribution is 0.478. The highest BCUT2D eigenvalue weighted by Crippen LogP contribution is 2.26. The van der Waals surface area contributed by atoms with E-state index in [1.807, 2.05) is 0 Å². The molecule has 3 N–H and O–H groups in total. The molecule has 0 unspecified atom stereocenters. The van der Waals surface area contributed by atoms with Gasteiger partial charge in [-0.2, -0.15) is 0 Å². The van der Waals surface area contributed by atoms with Crippen molar-refractivity contribution in [1.82, 2.24) is 0 Å². The summed E-state index contributed by atoms with van der Waals surface area (Å²) in [4.78, 5) is 0. The first-order chi connectivity index (χ1) is 6.42. The zero-order chi connectivity index (χ0) is 10.8. The smallest absolute Gasteiger partial charge is 0.229 e. The number of rotatable bonds is 3. The first kappa shape index (κ1) is 10.6. The Labute approximate surface area is 82.8 Å². The van der Waals surface area contributed by atoms with Crippen molar-refractivity contribution in [3.8, 4) is 5.75 Å². The van der Waals surface area contributed by atoms with Crippen LogP contribution in [0.15, 0.2) is 18.2 Å². The van der Waals surface area contributed by atoms with E-state index < -0.39 is 10.0 Å². The van der Waals surface area contributed by atoms with Gasteiger partial charge in [0.05, 0.1) is 11.9 Å². The van der Waals surface area contributed by atoms with Crippen LogP contribution in [0.5, 0.6) is 5.75 Å². The van der Waals surface area contributed by atoms with Crippen LogP contribution in [0.25, 0.3) is 0 Å². The summed E-state index contributed by atoms with van der Waals surface area (Å²) in [6, 6.07) is 4.59. The molecule has 0 spiro atoms. The van der Waals surface area contributed by atoms with E-state index in [9.17, 15) is 13.5 Å². The topological polar surface area (TPSA) is 78.4 Å². The molecular weight excluding hydrogens is 204 g/mol. The molecule has 0 saturated heterocycles. The molecule has 1 aromatic carbocycles. The zero-order valence-electron chi connectivity index (χ0n) is 7.90. The Morgan fingerprint density at radius 3 is 2.43 bits per heavy atom. The van der Waals surface area contributed by atoms with E-state index in [0.717, 1.165) is 6.26 Å². The molecule has 5 nitrogen and oxygen atoms in total. The van der Waals surface area contributed by atoms with E-state index >= 15 is 0 Å². The van der Waals surface area contributed by atoms with Gasteiger partial charge < -0.3 is 10.4 Å². The number of phenolic OH excluding ortho intramolecular Hbond substituents is 1. The summed E-state index contributed by atoms with van der Waals surface area (Å²) in [5.74, 6) is -0.109. The van der Waals surface area contributed by atoms with Gasteiger partial charge in [0, 0.05) is 18.8 Å². The summed E-state index contributed by atoms with van der Waals surface area (Å²) in [5, 5.41) is 12.2. The van der Waals surface area contributed by atoms with Gasteiger partial charge in [0.15, 0.2) is 0 Å². The molecule has 0 aromatic heterocycles. The molecule has 1 rings (SSSR count). The molecule has 0 bridgehead atoms. The van der Waals surface area contributed by atoms with Crippen LogP contribution < -0.4 is 10.0 Å². The lowest BCUT2D eigenvalue weighted by Crippen LogP contribution is -2.09. The summed E-state index contributed by atoms with van der Waals surface area (Å²) >= 11 is 0. The average Bonchev–Trinajstić information content (AvgIpc) is 2.06. The lowest BCUT2D eigenvalue weighted by atomic mass is 10.2. The molecule has 0 fully saturated rings. The minimum absolute atomic E-state index is 0.109. The monoisotopic (exact) mass is 216 g/mol. The van der Waals surface area contributed by atoms with Gasteiger partial charge in [0.25, 0.3) is 0 Å². The van der Waals surface area contributed by atoms with Gasteiger partial charge in [-0.05, 0) is 12.1 Å². The van der Waals surface area contributed by atoms with Crippen molar-refractivity contribution in [2.24, 2.45) is 0 Å². The molecule has 0 aliphatic carbocycles. The van der Waals surface area contributed by atoms with Crippen LogP contribution in [-0.4, -0.2) is 26.8 Å². The summed E-state index contributed by atoms with van der Waals surface area (Å²) in [7, 11) is -1.64. The van der Waals surface area contributed by atoms with E-state index in [4.69, 9.17) is 0 Å². The highest BCUT2D eigenvalue weighted by atomic mass is 32.2. The fourth-order valence-electron chi connectivity index (χ4n) is 0.973. The fraction of sp³-hybridized carbons (Fsp3) is 0.250. The van der Waals surface area contributed by atoms with Gasteiger partial charge in [0.1, 0.15) is 5.75 Å². The number of hydrogen-bond acceptors (Lipinski definition) is 4. The van der Waals surface area contributed by atoms with Crippen molar-refractivity contribution in [1.29, 1.82) is 0 Å². The second-order valence-corrected chi connectivity index (χ2v) is 4.60. The molecule has 0 saturated carbocycles. The molecule has 0 aliphatic rings. The Hall–Kier alpha value is -1.43. The number of aromatic hydroxyl groups is 1. The first-order valence-corrected chi connectivity index (χ1v) is 5.80. The van der Waals surface area contributed by atoms with Crippen LogP contribution in [0, 0.1) is 0 Å². The van der Waals surface area contributed by atoms with Crippen molar-refractivity contribution in [2.45, 2.75) is 0 Å². The Morgan fingerprint density at radius 1 is 1.36 bits per heavy atom. The Morgan fingerprint density at radius 2 is 2.00 bits per heavy atom. The van der Waals surface area contributed by atoms with Crippen LogP contribution >= 0.6 is 0 Å². The molecule has 14 heavy (non-hydrogen) atoms. The minimum atomic E-state index is -3.35. The molecule has 1 aromatic rings. The molecule has 0 radical (unpaired) electrons. The van der Waals surface area contributed by atoms with Crippen molar-refractivity contribution < 1.29 is 13.5 Å². The van der Waals surface area contributed by atoms with Gasteiger partial charge in [0.2, 0.25) is 10.0 Å².